The number of benzene rings is 2. The van der Waals surface area contributed by atoms with Crippen LogP contribution in [-0.4, -0.2) is 11.1 Å². The summed E-state index contributed by atoms with van der Waals surface area (Å²) in [5.74, 6) is -0.298. The predicted octanol–water partition coefficient (Wildman–Crippen LogP) is 4.97. The van der Waals surface area contributed by atoms with Crippen molar-refractivity contribution in [2.45, 2.75) is 25.2 Å². The van der Waals surface area contributed by atoms with Crippen molar-refractivity contribution in [3.05, 3.63) is 58.6 Å². The van der Waals surface area contributed by atoms with Gasteiger partial charge in [-0.3, -0.25) is 0 Å². The molecule has 1 fully saturated rings. The Kier molecular flexibility index (Phi) is 3.49. The lowest BCUT2D eigenvalue weighted by Crippen LogP contribution is -2.08. The molecule has 3 rings (SSSR count). The second-order valence-electron chi connectivity index (χ2n) is 5.25. The molecule has 0 radical (unpaired) electrons. The number of aromatic carboxylic acids is 1. The van der Waals surface area contributed by atoms with E-state index in [2.05, 4.69) is 12.1 Å². The molecule has 20 heavy (non-hydrogen) atoms. The zero-order valence-corrected chi connectivity index (χ0v) is 11.7. The Morgan fingerprint density at radius 1 is 1.15 bits per heavy atom. The molecule has 1 N–H and O–H groups in total. The molecule has 0 unspecified atom stereocenters. The Balaban J connectivity index is 2.08. The van der Waals surface area contributed by atoms with Crippen LogP contribution in [0.25, 0.3) is 11.1 Å². The molecule has 2 aromatic carbocycles. The van der Waals surface area contributed by atoms with Crippen molar-refractivity contribution in [2.24, 2.45) is 0 Å². The monoisotopic (exact) mass is 286 g/mol. The van der Waals surface area contributed by atoms with E-state index in [0.717, 1.165) is 5.56 Å². The molecule has 1 aliphatic carbocycles. The van der Waals surface area contributed by atoms with Crippen molar-refractivity contribution >= 4 is 17.6 Å². The number of rotatable bonds is 3. The van der Waals surface area contributed by atoms with Crippen LogP contribution in [0.4, 0.5) is 0 Å². The second kappa shape index (κ2) is 5.29. The van der Waals surface area contributed by atoms with E-state index in [4.69, 9.17) is 11.6 Å². The van der Waals surface area contributed by atoms with Crippen molar-refractivity contribution < 1.29 is 9.90 Å². The highest BCUT2D eigenvalue weighted by Crippen LogP contribution is 2.38. The summed E-state index contributed by atoms with van der Waals surface area (Å²) in [5.41, 5.74) is 3.20. The molecule has 0 atom stereocenters. The van der Waals surface area contributed by atoms with Crippen LogP contribution in [0, 0.1) is 0 Å². The van der Waals surface area contributed by atoms with Gasteiger partial charge in [-0.25, -0.2) is 4.79 Å². The van der Waals surface area contributed by atoms with Gasteiger partial charge in [0.05, 0.1) is 5.56 Å². The van der Waals surface area contributed by atoms with Crippen LogP contribution in [0.2, 0.25) is 5.02 Å². The topological polar surface area (TPSA) is 37.3 Å². The fraction of sp³-hybridized carbons (Fsp3) is 0.235. The Morgan fingerprint density at radius 3 is 2.60 bits per heavy atom. The van der Waals surface area contributed by atoms with Gasteiger partial charge in [0.1, 0.15) is 0 Å². The van der Waals surface area contributed by atoms with Crippen LogP contribution in [0.1, 0.15) is 41.1 Å². The van der Waals surface area contributed by atoms with Crippen molar-refractivity contribution in [3.8, 4) is 11.1 Å². The molecule has 0 aliphatic heterocycles. The lowest BCUT2D eigenvalue weighted by molar-refractivity contribution is 0.0698. The zero-order valence-electron chi connectivity index (χ0n) is 11.0. The van der Waals surface area contributed by atoms with E-state index in [1.807, 2.05) is 12.1 Å². The van der Waals surface area contributed by atoms with Gasteiger partial charge in [0.2, 0.25) is 0 Å². The maximum Gasteiger partial charge on any atom is 0.336 e. The number of carboxylic acids is 1. The summed E-state index contributed by atoms with van der Waals surface area (Å²) in [6, 6.07) is 13.1. The zero-order chi connectivity index (χ0) is 14.1. The summed E-state index contributed by atoms with van der Waals surface area (Å²) >= 11 is 6.02. The molecule has 2 nitrogen and oxygen atoms in total. The minimum Gasteiger partial charge on any atom is -0.478 e. The van der Waals surface area contributed by atoms with E-state index in [1.54, 1.807) is 18.2 Å². The molecule has 1 aliphatic rings. The summed E-state index contributed by atoms with van der Waals surface area (Å²) < 4.78 is 0. The smallest absolute Gasteiger partial charge is 0.336 e. The van der Waals surface area contributed by atoms with Crippen molar-refractivity contribution in [2.75, 3.05) is 0 Å². The number of carboxylic acid groups (broad SMARTS) is 1. The van der Waals surface area contributed by atoms with Crippen LogP contribution >= 0.6 is 11.6 Å². The van der Waals surface area contributed by atoms with Crippen LogP contribution in [-0.2, 0) is 0 Å². The summed E-state index contributed by atoms with van der Waals surface area (Å²) in [6.07, 6.45) is 3.74. The molecule has 2 aromatic rings. The van der Waals surface area contributed by atoms with E-state index >= 15 is 0 Å². The Hall–Kier alpha value is -1.80. The van der Waals surface area contributed by atoms with Gasteiger partial charge in [0.15, 0.2) is 0 Å². The second-order valence-corrected chi connectivity index (χ2v) is 5.68. The van der Waals surface area contributed by atoms with Crippen molar-refractivity contribution in [3.63, 3.8) is 0 Å². The largest absolute Gasteiger partial charge is 0.478 e. The predicted molar refractivity (Wildman–Crippen MR) is 80.4 cm³/mol. The van der Waals surface area contributed by atoms with Gasteiger partial charge in [0, 0.05) is 5.02 Å². The molecule has 0 saturated heterocycles. The van der Waals surface area contributed by atoms with Gasteiger partial charge in [-0.05, 0) is 53.6 Å². The van der Waals surface area contributed by atoms with E-state index < -0.39 is 5.97 Å². The maximum atomic E-state index is 11.3. The highest BCUT2D eigenvalue weighted by atomic mass is 35.5. The Morgan fingerprint density at radius 2 is 1.95 bits per heavy atom. The number of hydrogen-bond donors (Lipinski definition) is 1. The first-order chi connectivity index (χ1) is 9.65. The van der Waals surface area contributed by atoms with E-state index in [1.165, 1.54) is 24.8 Å². The number of halogens is 1. The molecule has 102 valence electrons. The SMILES string of the molecule is O=C(O)c1ccc(Cl)cc1-c1cccc(C2CCC2)c1. The maximum absolute atomic E-state index is 11.3. The molecule has 1 saturated carbocycles. The molecular weight excluding hydrogens is 272 g/mol. The fourth-order valence-electron chi connectivity index (χ4n) is 2.64. The van der Waals surface area contributed by atoms with Crippen LogP contribution in [0.5, 0.6) is 0 Å². The van der Waals surface area contributed by atoms with Crippen molar-refractivity contribution in [1.29, 1.82) is 0 Å². The van der Waals surface area contributed by atoms with Gasteiger partial charge in [-0.2, -0.15) is 0 Å². The van der Waals surface area contributed by atoms with Crippen LogP contribution in [0.15, 0.2) is 42.5 Å². The normalized spacial score (nSPS) is 14.8. The Labute approximate surface area is 123 Å². The van der Waals surface area contributed by atoms with E-state index in [0.29, 0.717) is 22.1 Å². The molecule has 0 spiro atoms. The summed E-state index contributed by atoms with van der Waals surface area (Å²) in [6.45, 7) is 0. The molecule has 0 amide bonds. The standard InChI is InChI=1S/C17H15ClO2/c18-14-7-8-15(17(19)20)16(10-14)13-6-2-5-12(9-13)11-3-1-4-11/h2,5-11H,1,3-4H2,(H,19,20). The Bertz CT molecular complexity index is 660. The van der Waals surface area contributed by atoms with E-state index in [-0.39, 0.29) is 0 Å². The average Bonchev–Trinajstić information content (AvgIpc) is 2.36. The van der Waals surface area contributed by atoms with Gasteiger partial charge in [-0.1, -0.05) is 42.3 Å². The fourth-order valence-corrected chi connectivity index (χ4v) is 2.82. The third-order valence-electron chi connectivity index (χ3n) is 3.99. The first kappa shape index (κ1) is 13.2. The van der Waals surface area contributed by atoms with Gasteiger partial charge >= 0.3 is 5.97 Å². The first-order valence-electron chi connectivity index (χ1n) is 6.78. The van der Waals surface area contributed by atoms with Crippen LogP contribution < -0.4 is 0 Å². The summed E-state index contributed by atoms with van der Waals surface area (Å²) in [4.78, 5) is 11.3. The van der Waals surface area contributed by atoms with Crippen molar-refractivity contribution in [1.82, 2.24) is 0 Å². The first-order valence-corrected chi connectivity index (χ1v) is 7.16. The molecule has 3 heteroatoms. The minimum atomic E-state index is -0.925. The quantitative estimate of drug-likeness (QED) is 0.864. The highest BCUT2D eigenvalue weighted by molar-refractivity contribution is 6.31. The summed E-state index contributed by atoms with van der Waals surface area (Å²) in [7, 11) is 0. The molecule has 0 aromatic heterocycles. The average molecular weight is 287 g/mol. The van der Waals surface area contributed by atoms with Gasteiger partial charge in [-0.15, -0.1) is 0 Å². The third kappa shape index (κ3) is 2.44. The van der Waals surface area contributed by atoms with E-state index in [9.17, 15) is 9.90 Å². The highest BCUT2D eigenvalue weighted by Gasteiger charge is 2.20. The molecule has 0 heterocycles. The number of hydrogen-bond acceptors (Lipinski definition) is 1. The minimum absolute atomic E-state index is 0.292. The van der Waals surface area contributed by atoms with Gasteiger partial charge < -0.3 is 5.11 Å². The molecular formula is C17H15ClO2. The van der Waals surface area contributed by atoms with Crippen LogP contribution in [0.3, 0.4) is 0 Å². The molecule has 0 bridgehead atoms. The lowest BCUT2D eigenvalue weighted by atomic mass is 9.79. The lowest BCUT2D eigenvalue weighted by Gasteiger charge is -2.26. The summed E-state index contributed by atoms with van der Waals surface area (Å²) in [5, 5.41) is 9.87. The number of carbonyl (C=O) groups is 1. The van der Waals surface area contributed by atoms with Gasteiger partial charge in [0.25, 0.3) is 0 Å². The third-order valence-corrected chi connectivity index (χ3v) is 4.22.